The van der Waals surface area contributed by atoms with Gasteiger partial charge in [-0.25, -0.2) is 0 Å². The molecule has 3 rings (SSSR count). The second-order valence-corrected chi connectivity index (χ2v) is 4.92. The van der Waals surface area contributed by atoms with Gasteiger partial charge in [0.1, 0.15) is 0 Å². The van der Waals surface area contributed by atoms with E-state index >= 15 is 0 Å². The molecule has 1 saturated heterocycles. The van der Waals surface area contributed by atoms with Gasteiger partial charge in [0.05, 0.1) is 5.52 Å². The van der Waals surface area contributed by atoms with Crippen molar-refractivity contribution in [3.8, 4) is 0 Å². The van der Waals surface area contributed by atoms with Crippen LogP contribution in [0.15, 0.2) is 18.2 Å². The van der Waals surface area contributed by atoms with Crippen LogP contribution in [0.2, 0.25) is 5.02 Å². The van der Waals surface area contributed by atoms with E-state index in [1.54, 1.807) is 0 Å². The number of nitrogens with one attached hydrogen (secondary N) is 2. The molecule has 2 aromatic rings. The number of H-pyrrole nitrogens is 1. The number of hydrogen-bond acceptors (Lipinski definition) is 1. The van der Waals surface area contributed by atoms with Gasteiger partial charge in [-0.1, -0.05) is 17.7 Å². The number of aryl methyl sites for hydroxylation is 1. The molecule has 3 heteroatoms. The lowest BCUT2D eigenvalue weighted by Gasteiger charge is -2.06. The Morgan fingerprint density at radius 2 is 2.25 bits per heavy atom. The van der Waals surface area contributed by atoms with Gasteiger partial charge in [-0.3, -0.25) is 0 Å². The van der Waals surface area contributed by atoms with Gasteiger partial charge in [0.15, 0.2) is 0 Å². The fourth-order valence-corrected chi connectivity index (χ4v) is 2.64. The van der Waals surface area contributed by atoms with Crippen molar-refractivity contribution in [3.63, 3.8) is 0 Å². The summed E-state index contributed by atoms with van der Waals surface area (Å²) in [4.78, 5) is 3.50. The van der Waals surface area contributed by atoms with Gasteiger partial charge in [0.25, 0.3) is 0 Å². The van der Waals surface area contributed by atoms with Gasteiger partial charge in [-0.2, -0.15) is 0 Å². The Morgan fingerprint density at radius 1 is 1.38 bits per heavy atom. The third-order valence-corrected chi connectivity index (χ3v) is 3.86. The van der Waals surface area contributed by atoms with E-state index in [1.165, 1.54) is 29.4 Å². The summed E-state index contributed by atoms with van der Waals surface area (Å²) in [6, 6.07) is 6.78. The smallest absolute Gasteiger partial charge is 0.0501 e. The van der Waals surface area contributed by atoms with Gasteiger partial charge in [-0.15, -0.1) is 0 Å². The maximum atomic E-state index is 6.12. The van der Waals surface area contributed by atoms with Crippen LogP contribution in [-0.4, -0.2) is 11.5 Å². The van der Waals surface area contributed by atoms with Crippen molar-refractivity contribution in [2.45, 2.75) is 25.8 Å². The highest BCUT2D eigenvalue weighted by Gasteiger charge is 2.18. The second kappa shape index (κ2) is 3.79. The summed E-state index contributed by atoms with van der Waals surface area (Å²) in [5, 5.41) is 5.59. The van der Waals surface area contributed by atoms with Crippen LogP contribution >= 0.6 is 11.6 Å². The Hall–Kier alpha value is -0.990. The number of benzene rings is 1. The minimum Gasteiger partial charge on any atom is -0.357 e. The molecule has 0 radical (unpaired) electrons. The highest BCUT2D eigenvalue weighted by atomic mass is 35.5. The zero-order valence-corrected chi connectivity index (χ0v) is 10.1. The highest BCUT2D eigenvalue weighted by molar-refractivity contribution is 6.32. The van der Waals surface area contributed by atoms with Crippen molar-refractivity contribution in [2.24, 2.45) is 0 Å². The normalized spacial score (nSPS) is 20.8. The van der Waals surface area contributed by atoms with E-state index in [2.05, 4.69) is 29.4 Å². The van der Waals surface area contributed by atoms with Crippen LogP contribution in [0, 0.1) is 6.92 Å². The lowest BCUT2D eigenvalue weighted by Crippen LogP contribution is -2.12. The Bertz CT molecular complexity index is 524. The molecule has 0 aliphatic carbocycles. The third kappa shape index (κ3) is 1.53. The zero-order valence-electron chi connectivity index (χ0n) is 9.31. The lowest BCUT2D eigenvalue weighted by molar-refractivity contribution is 0.633. The fourth-order valence-electron chi connectivity index (χ4n) is 2.48. The molecule has 1 aliphatic rings. The predicted molar refractivity (Wildman–Crippen MR) is 68.0 cm³/mol. The molecule has 0 saturated carbocycles. The molecule has 0 bridgehead atoms. The third-order valence-electron chi connectivity index (χ3n) is 3.45. The first-order chi connectivity index (χ1) is 7.75. The van der Waals surface area contributed by atoms with Crippen molar-refractivity contribution in [3.05, 3.63) is 34.5 Å². The van der Waals surface area contributed by atoms with Crippen LogP contribution in [0.1, 0.15) is 30.1 Å². The molecule has 84 valence electrons. The van der Waals surface area contributed by atoms with Crippen LogP contribution in [0.4, 0.5) is 0 Å². The predicted octanol–water partition coefficient (Wildman–Crippen LogP) is 3.55. The SMILES string of the molecule is Cc1c(Cl)ccc2cc(C3CCCN3)[nH]c12. The number of halogens is 1. The summed E-state index contributed by atoms with van der Waals surface area (Å²) in [6.07, 6.45) is 2.49. The average molecular weight is 235 g/mol. The molecule has 1 unspecified atom stereocenters. The van der Waals surface area contributed by atoms with Gasteiger partial charge >= 0.3 is 0 Å². The van der Waals surface area contributed by atoms with Gasteiger partial charge in [0.2, 0.25) is 0 Å². The first-order valence-electron chi connectivity index (χ1n) is 5.77. The summed E-state index contributed by atoms with van der Waals surface area (Å²) >= 11 is 6.12. The summed E-state index contributed by atoms with van der Waals surface area (Å²) in [5.74, 6) is 0. The fraction of sp³-hybridized carbons (Fsp3) is 0.385. The molecule has 16 heavy (non-hydrogen) atoms. The van der Waals surface area contributed by atoms with Crippen molar-refractivity contribution < 1.29 is 0 Å². The molecular formula is C13H15ClN2. The van der Waals surface area contributed by atoms with Gasteiger partial charge < -0.3 is 10.3 Å². The molecule has 0 spiro atoms. The number of aromatic nitrogens is 1. The summed E-state index contributed by atoms with van der Waals surface area (Å²) in [7, 11) is 0. The molecule has 1 aromatic heterocycles. The average Bonchev–Trinajstić information content (AvgIpc) is 2.91. The molecule has 1 aromatic carbocycles. The quantitative estimate of drug-likeness (QED) is 0.776. The standard InChI is InChI=1S/C13H15ClN2/c1-8-10(14)5-4-9-7-12(16-13(8)9)11-3-2-6-15-11/h4-5,7,11,15-16H,2-3,6H2,1H3. The molecule has 1 atom stereocenters. The number of aromatic amines is 1. The molecule has 2 N–H and O–H groups in total. The second-order valence-electron chi connectivity index (χ2n) is 4.51. The van der Waals surface area contributed by atoms with Crippen LogP contribution in [0.5, 0.6) is 0 Å². The van der Waals surface area contributed by atoms with E-state index in [4.69, 9.17) is 11.6 Å². The van der Waals surface area contributed by atoms with E-state index in [9.17, 15) is 0 Å². The highest BCUT2D eigenvalue weighted by Crippen LogP contribution is 2.30. The summed E-state index contributed by atoms with van der Waals surface area (Å²) in [6.45, 7) is 3.19. The summed E-state index contributed by atoms with van der Waals surface area (Å²) in [5.41, 5.74) is 3.61. The maximum Gasteiger partial charge on any atom is 0.0501 e. The molecule has 1 aliphatic heterocycles. The van der Waals surface area contributed by atoms with Crippen LogP contribution in [0.25, 0.3) is 10.9 Å². The van der Waals surface area contributed by atoms with Gasteiger partial charge in [0, 0.05) is 22.1 Å². The molecular weight excluding hydrogens is 220 g/mol. The maximum absolute atomic E-state index is 6.12. The molecule has 1 fully saturated rings. The lowest BCUT2D eigenvalue weighted by atomic mass is 10.1. The van der Waals surface area contributed by atoms with Gasteiger partial charge in [-0.05, 0) is 44.0 Å². The Morgan fingerprint density at radius 3 is 3.00 bits per heavy atom. The van der Waals surface area contributed by atoms with Crippen LogP contribution in [0.3, 0.4) is 0 Å². The van der Waals surface area contributed by atoms with E-state index in [-0.39, 0.29) is 0 Å². The number of rotatable bonds is 1. The largest absolute Gasteiger partial charge is 0.357 e. The topological polar surface area (TPSA) is 27.8 Å². The van der Waals surface area contributed by atoms with E-state index in [0.717, 1.165) is 17.1 Å². The molecule has 2 heterocycles. The number of fused-ring (bicyclic) bond motifs is 1. The first-order valence-corrected chi connectivity index (χ1v) is 6.14. The van der Waals surface area contributed by atoms with E-state index in [1.807, 2.05) is 6.07 Å². The van der Waals surface area contributed by atoms with Crippen molar-refractivity contribution in [2.75, 3.05) is 6.54 Å². The van der Waals surface area contributed by atoms with Crippen LogP contribution in [-0.2, 0) is 0 Å². The molecule has 2 nitrogen and oxygen atoms in total. The number of hydrogen-bond donors (Lipinski definition) is 2. The monoisotopic (exact) mass is 234 g/mol. The first kappa shape index (κ1) is 10.2. The van der Waals surface area contributed by atoms with Crippen molar-refractivity contribution in [1.82, 2.24) is 10.3 Å². The Labute approximate surface area is 100.0 Å². The van der Waals surface area contributed by atoms with E-state index in [0.29, 0.717) is 6.04 Å². The zero-order chi connectivity index (χ0) is 11.1. The van der Waals surface area contributed by atoms with E-state index < -0.39 is 0 Å². The molecule has 0 amide bonds. The van der Waals surface area contributed by atoms with Crippen LogP contribution < -0.4 is 5.32 Å². The minimum atomic E-state index is 0.491. The Balaban J connectivity index is 2.11. The van der Waals surface area contributed by atoms with Crippen molar-refractivity contribution in [1.29, 1.82) is 0 Å². The summed E-state index contributed by atoms with van der Waals surface area (Å²) < 4.78 is 0. The Kier molecular flexibility index (Phi) is 2.41. The minimum absolute atomic E-state index is 0.491. The van der Waals surface area contributed by atoms with Crippen molar-refractivity contribution >= 4 is 22.5 Å².